The molecule has 0 saturated carbocycles. The Bertz CT molecular complexity index is 1140. The lowest BCUT2D eigenvalue weighted by Gasteiger charge is -2.14. The van der Waals surface area contributed by atoms with Crippen molar-refractivity contribution in [3.8, 4) is 17.0 Å². The van der Waals surface area contributed by atoms with Gasteiger partial charge in [-0.05, 0) is 50.4 Å². The number of aryl methyl sites for hydroxylation is 1. The Morgan fingerprint density at radius 1 is 1.26 bits per heavy atom. The fourth-order valence-corrected chi connectivity index (χ4v) is 3.88. The Morgan fingerprint density at radius 2 is 2.00 bits per heavy atom. The Morgan fingerprint density at radius 3 is 2.59 bits per heavy atom. The van der Waals surface area contributed by atoms with Gasteiger partial charge >= 0.3 is 6.18 Å². The summed E-state index contributed by atoms with van der Waals surface area (Å²) in [6.45, 7) is 7.72. The van der Waals surface area contributed by atoms with E-state index in [4.69, 9.17) is 4.74 Å². The number of benzene rings is 1. The van der Waals surface area contributed by atoms with Gasteiger partial charge in [-0.2, -0.15) is 18.3 Å². The highest BCUT2D eigenvalue weighted by atomic mass is 32.2. The smallest absolute Gasteiger partial charge is 0.433 e. The number of pyridine rings is 1. The van der Waals surface area contributed by atoms with E-state index in [0.29, 0.717) is 17.0 Å². The lowest BCUT2D eigenvalue weighted by Crippen LogP contribution is -2.11. The molecule has 10 heteroatoms. The van der Waals surface area contributed by atoms with E-state index in [1.54, 1.807) is 25.5 Å². The van der Waals surface area contributed by atoms with Crippen LogP contribution in [0.1, 0.15) is 25.1 Å². The third-order valence-corrected chi connectivity index (χ3v) is 5.64. The van der Waals surface area contributed by atoms with E-state index in [9.17, 15) is 13.2 Å². The van der Waals surface area contributed by atoms with Crippen LogP contribution in [0.25, 0.3) is 11.3 Å². The predicted molar refractivity (Wildman–Crippen MR) is 131 cm³/mol. The zero-order valence-corrected chi connectivity index (χ0v) is 20.0. The average molecular weight is 490 g/mol. The van der Waals surface area contributed by atoms with Gasteiger partial charge in [0, 0.05) is 47.9 Å². The molecule has 180 valence electrons. The normalized spacial score (nSPS) is 12.1. The van der Waals surface area contributed by atoms with Crippen LogP contribution < -0.4 is 10.1 Å². The Labute approximate surface area is 201 Å². The number of nitrogens with one attached hydrogen (secondary N) is 1. The first-order valence-electron chi connectivity index (χ1n) is 10.5. The molecule has 2 heterocycles. The minimum atomic E-state index is -4.57. The van der Waals surface area contributed by atoms with Gasteiger partial charge in [0.25, 0.3) is 0 Å². The molecule has 3 rings (SSSR count). The van der Waals surface area contributed by atoms with Crippen molar-refractivity contribution in [1.29, 1.82) is 0 Å². The number of aliphatic imine (C=N–C) groups is 1. The van der Waals surface area contributed by atoms with Crippen LogP contribution in [0.3, 0.4) is 0 Å². The van der Waals surface area contributed by atoms with E-state index < -0.39 is 11.9 Å². The van der Waals surface area contributed by atoms with Gasteiger partial charge in [0.15, 0.2) is 0 Å². The summed E-state index contributed by atoms with van der Waals surface area (Å²) in [6, 6.07) is 10.4. The number of thioether (sulfide) groups is 1. The number of anilines is 1. The summed E-state index contributed by atoms with van der Waals surface area (Å²) in [6.07, 6.45) is 0.223. The van der Waals surface area contributed by atoms with Crippen molar-refractivity contribution in [2.24, 2.45) is 12.0 Å². The van der Waals surface area contributed by atoms with Crippen molar-refractivity contribution in [2.75, 3.05) is 11.9 Å². The molecule has 0 amide bonds. The van der Waals surface area contributed by atoms with Gasteiger partial charge in [0.2, 0.25) is 0 Å². The van der Waals surface area contributed by atoms with Crippen molar-refractivity contribution in [3.63, 3.8) is 0 Å². The van der Waals surface area contributed by atoms with Crippen LogP contribution in [0.15, 0.2) is 64.9 Å². The van der Waals surface area contributed by atoms with Crippen molar-refractivity contribution in [3.05, 3.63) is 71.2 Å². The van der Waals surface area contributed by atoms with Gasteiger partial charge in [-0.3, -0.25) is 9.67 Å². The van der Waals surface area contributed by atoms with E-state index in [1.807, 2.05) is 38.1 Å². The van der Waals surface area contributed by atoms with Crippen LogP contribution in [0.2, 0.25) is 0 Å². The van der Waals surface area contributed by atoms with E-state index in [1.165, 1.54) is 22.6 Å². The fraction of sp³-hybridized carbons (Fsp3) is 0.292. The number of hydrogen-bond donors (Lipinski definition) is 1. The molecule has 0 fully saturated rings. The molecule has 1 aromatic carbocycles. The molecular weight excluding hydrogens is 463 g/mol. The molecule has 0 radical (unpaired) electrons. The summed E-state index contributed by atoms with van der Waals surface area (Å²) in [5.74, 6) is 1.47. The summed E-state index contributed by atoms with van der Waals surface area (Å²) < 4.78 is 47.5. The minimum absolute atomic E-state index is 0.101. The number of ether oxygens (including phenoxy) is 1. The standard InChI is InChI=1S/C24H26F3N5OS/c1-16(2)33-20-7-5-17(6-8-20)15-34-21(12-28-3)13-29-19-9-22(18-11-30-32(4)14-18)31-23(10-19)24(25,26)27/h5-12,14,16H,3,13,15H2,1-2,4H3,(H,29,31)/b21-12-. The first kappa shape index (κ1) is 25.4. The van der Waals surface area contributed by atoms with Crippen LogP contribution in [-0.4, -0.2) is 34.1 Å². The topological polar surface area (TPSA) is 64.3 Å². The first-order valence-corrected chi connectivity index (χ1v) is 11.5. The average Bonchev–Trinajstić information content (AvgIpc) is 3.22. The van der Waals surface area contributed by atoms with Crippen LogP contribution in [-0.2, 0) is 19.0 Å². The molecule has 0 saturated heterocycles. The first-order chi connectivity index (χ1) is 16.1. The molecule has 34 heavy (non-hydrogen) atoms. The highest BCUT2D eigenvalue weighted by molar-refractivity contribution is 8.02. The van der Waals surface area contributed by atoms with Crippen molar-refractivity contribution >= 4 is 24.2 Å². The molecule has 3 aromatic rings. The number of rotatable bonds is 10. The van der Waals surface area contributed by atoms with E-state index >= 15 is 0 Å². The lowest BCUT2D eigenvalue weighted by molar-refractivity contribution is -0.141. The largest absolute Gasteiger partial charge is 0.491 e. The zero-order chi connectivity index (χ0) is 24.7. The summed E-state index contributed by atoms with van der Waals surface area (Å²) in [5, 5.41) is 7.08. The summed E-state index contributed by atoms with van der Waals surface area (Å²) in [5.41, 5.74) is 1.10. The molecule has 0 spiro atoms. The van der Waals surface area contributed by atoms with Gasteiger partial charge < -0.3 is 10.1 Å². The second kappa shape index (κ2) is 11.2. The molecule has 0 atom stereocenters. The second-order valence-corrected chi connectivity index (χ2v) is 8.86. The van der Waals surface area contributed by atoms with Gasteiger partial charge in [-0.1, -0.05) is 12.1 Å². The maximum absolute atomic E-state index is 13.4. The van der Waals surface area contributed by atoms with Crippen LogP contribution in [0, 0.1) is 0 Å². The maximum Gasteiger partial charge on any atom is 0.433 e. The van der Waals surface area contributed by atoms with Gasteiger partial charge in [-0.15, -0.1) is 11.8 Å². The molecule has 2 aromatic heterocycles. The summed E-state index contributed by atoms with van der Waals surface area (Å²) in [7, 11) is 1.69. The lowest BCUT2D eigenvalue weighted by atomic mass is 10.2. The number of halogens is 3. The molecule has 0 unspecified atom stereocenters. The Balaban J connectivity index is 1.71. The molecule has 6 nitrogen and oxygen atoms in total. The highest BCUT2D eigenvalue weighted by Gasteiger charge is 2.33. The van der Waals surface area contributed by atoms with Crippen molar-refractivity contribution in [1.82, 2.24) is 14.8 Å². The number of nitrogens with zero attached hydrogens (tertiary/aromatic N) is 4. The Hall–Kier alpha value is -3.27. The molecule has 1 N–H and O–H groups in total. The van der Waals surface area contributed by atoms with E-state index in [-0.39, 0.29) is 18.3 Å². The summed E-state index contributed by atoms with van der Waals surface area (Å²) >= 11 is 1.52. The predicted octanol–water partition coefficient (Wildman–Crippen LogP) is 6.18. The SMILES string of the molecule is C=N/C=C(/CNc1cc(-c2cnn(C)c2)nc(C(F)(F)F)c1)SCc1ccc(OC(C)C)cc1. The van der Waals surface area contributed by atoms with E-state index in [0.717, 1.165) is 22.3 Å². The molecule has 0 aliphatic rings. The number of hydrogen-bond acceptors (Lipinski definition) is 6. The number of alkyl halides is 3. The van der Waals surface area contributed by atoms with Crippen molar-refractivity contribution in [2.45, 2.75) is 31.9 Å². The van der Waals surface area contributed by atoms with E-state index in [2.05, 4.69) is 27.1 Å². The highest BCUT2D eigenvalue weighted by Crippen LogP contribution is 2.32. The number of aromatic nitrogens is 3. The van der Waals surface area contributed by atoms with Gasteiger partial charge in [0.1, 0.15) is 11.4 Å². The Kier molecular flexibility index (Phi) is 8.38. The van der Waals surface area contributed by atoms with Crippen LogP contribution >= 0.6 is 11.8 Å². The summed E-state index contributed by atoms with van der Waals surface area (Å²) in [4.78, 5) is 8.44. The minimum Gasteiger partial charge on any atom is -0.491 e. The van der Waals surface area contributed by atoms with Crippen LogP contribution in [0.4, 0.5) is 18.9 Å². The maximum atomic E-state index is 13.4. The zero-order valence-electron chi connectivity index (χ0n) is 19.1. The van der Waals surface area contributed by atoms with Gasteiger partial charge in [-0.25, -0.2) is 4.98 Å². The molecular formula is C24H26F3N5OS. The second-order valence-electron chi connectivity index (χ2n) is 7.76. The third kappa shape index (κ3) is 7.38. The monoisotopic (exact) mass is 489 g/mol. The van der Waals surface area contributed by atoms with Crippen molar-refractivity contribution < 1.29 is 17.9 Å². The third-order valence-electron chi connectivity index (χ3n) is 4.54. The molecule has 0 bridgehead atoms. The fourth-order valence-electron chi connectivity index (χ4n) is 3.02. The van der Waals surface area contributed by atoms with Gasteiger partial charge in [0.05, 0.1) is 18.0 Å². The molecule has 0 aliphatic carbocycles. The quantitative estimate of drug-likeness (QED) is 0.345. The molecule has 0 aliphatic heterocycles. The van der Waals surface area contributed by atoms with Crippen LogP contribution in [0.5, 0.6) is 5.75 Å².